The average Bonchev–Trinajstić information content (AvgIpc) is 3.27. The van der Waals surface area contributed by atoms with Gasteiger partial charge in [-0.3, -0.25) is 5.43 Å². The molecule has 4 rings (SSSR count). The molecule has 2 heterocycles. The van der Waals surface area contributed by atoms with Crippen molar-refractivity contribution in [3.05, 3.63) is 64.3 Å². The van der Waals surface area contributed by atoms with Crippen LogP contribution in [0.3, 0.4) is 0 Å². The molecular weight excluding hydrogens is 366 g/mol. The number of aromatic nitrogens is 3. The number of imidazole rings is 1. The van der Waals surface area contributed by atoms with Gasteiger partial charge in [-0.15, -0.1) is 11.3 Å². The van der Waals surface area contributed by atoms with Gasteiger partial charge in [-0.2, -0.15) is 5.10 Å². The van der Waals surface area contributed by atoms with Crippen molar-refractivity contribution in [2.24, 2.45) is 5.10 Å². The monoisotopic (exact) mass is 381 g/mol. The minimum Gasteiger partial charge on any atom is -0.337 e. The maximum atomic E-state index is 5.93. The van der Waals surface area contributed by atoms with Crippen LogP contribution in [-0.4, -0.2) is 20.7 Å². The van der Waals surface area contributed by atoms with Gasteiger partial charge in [0.25, 0.3) is 0 Å². The van der Waals surface area contributed by atoms with Gasteiger partial charge in [0.2, 0.25) is 5.13 Å². The summed E-state index contributed by atoms with van der Waals surface area (Å²) >= 11 is 7.43. The number of hydrogen-bond acceptors (Lipinski definition) is 5. The van der Waals surface area contributed by atoms with E-state index in [0.29, 0.717) is 5.02 Å². The van der Waals surface area contributed by atoms with Gasteiger partial charge in [-0.05, 0) is 43.7 Å². The van der Waals surface area contributed by atoms with Crippen molar-refractivity contribution in [2.45, 2.75) is 13.8 Å². The summed E-state index contributed by atoms with van der Waals surface area (Å²) in [4.78, 5) is 12.4. The number of nitrogens with one attached hydrogen (secondary N) is 2. The molecule has 0 spiro atoms. The summed E-state index contributed by atoms with van der Waals surface area (Å²) in [6.07, 6.45) is 0. The summed E-state index contributed by atoms with van der Waals surface area (Å²) in [7, 11) is 0. The summed E-state index contributed by atoms with van der Waals surface area (Å²) < 4.78 is 0. The fraction of sp³-hybridized carbons (Fsp3) is 0.105. The molecule has 0 radical (unpaired) electrons. The Hall–Kier alpha value is -2.70. The van der Waals surface area contributed by atoms with Crippen LogP contribution in [0.15, 0.2) is 52.9 Å². The Morgan fingerprint density at radius 2 is 1.96 bits per heavy atom. The van der Waals surface area contributed by atoms with E-state index in [4.69, 9.17) is 11.6 Å². The molecule has 130 valence electrons. The predicted molar refractivity (Wildman–Crippen MR) is 109 cm³/mol. The predicted octanol–water partition coefficient (Wildman–Crippen LogP) is 5.48. The fourth-order valence-corrected chi connectivity index (χ4v) is 3.35. The number of rotatable bonds is 4. The molecule has 0 amide bonds. The highest BCUT2D eigenvalue weighted by molar-refractivity contribution is 7.14. The molecule has 2 aromatic heterocycles. The van der Waals surface area contributed by atoms with Gasteiger partial charge in [0.1, 0.15) is 5.71 Å². The molecule has 5 nitrogen and oxygen atoms in total. The minimum atomic E-state index is 0.712. The summed E-state index contributed by atoms with van der Waals surface area (Å²) in [6, 6.07) is 13.7. The van der Waals surface area contributed by atoms with Crippen LogP contribution in [0.25, 0.3) is 22.3 Å². The smallest absolute Gasteiger partial charge is 0.203 e. The zero-order chi connectivity index (χ0) is 18.1. The van der Waals surface area contributed by atoms with E-state index in [2.05, 4.69) is 38.5 Å². The maximum absolute atomic E-state index is 5.93. The van der Waals surface area contributed by atoms with Crippen LogP contribution in [0.2, 0.25) is 5.02 Å². The number of aromatic amines is 1. The number of anilines is 1. The number of hydrazone groups is 1. The summed E-state index contributed by atoms with van der Waals surface area (Å²) in [5.41, 5.74) is 8.82. The molecule has 0 aliphatic rings. The Morgan fingerprint density at radius 1 is 1.15 bits per heavy atom. The molecular formula is C19H16ClN5S. The first-order valence-electron chi connectivity index (χ1n) is 8.07. The van der Waals surface area contributed by atoms with Gasteiger partial charge < -0.3 is 4.98 Å². The molecule has 4 aromatic rings. The number of aryl methyl sites for hydroxylation is 1. The van der Waals surface area contributed by atoms with Gasteiger partial charge in [0, 0.05) is 16.0 Å². The second-order valence-corrected chi connectivity index (χ2v) is 7.25. The van der Waals surface area contributed by atoms with Crippen molar-refractivity contribution in [2.75, 3.05) is 5.43 Å². The van der Waals surface area contributed by atoms with Crippen LogP contribution in [0.1, 0.15) is 18.3 Å². The van der Waals surface area contributed by atoms with Gasteiger partial charge in [0.05, 0.1) is 16.7 Å². The van der Waals surface area contributed by atoms with E-state index in [-0.39, 0.29) is 0 Å². The van der Waals surface area contributed by atoms with Crippen LogP contribution in [0, 0.1) is 6.92 Å². The first-order chi connectivity index (χ1) is 12.6. The van der Waals surface area contributed by atoms with Crippen LogP contribution in [0.5, 0.6) is 0 Å². The Kier molecular flexibility index (Phi) is 4.44. The Balaban J connectivity index is 1.52. The molecule has 26 heavy (non-hydrogen) atoms. The lowest BCUT2D eigenvalue weighted by atomic mass is 10.2. The topological polar surface area (TPSA) is 66.0 Å². The molecule has 7 heteroatoms. The number of thiazole rings is 1. The molecule has 0 atom stereocenters. The molecule has 2 aromatic carbocycles. The number of halogens is 1. The van der Waals surface area contributed by atoms with Crippen molar-refractivity contribution < 1.29 is 0 Å². The van der Waals surface area contributed by atoms with E-state index in [1.165, 1.54) is 16.9 Å². The number of nitrogens with zero attached hydrogens (tertiary/aromatic N) is 3. The average molecular weight is 382 g/mol. The first kappa shape index (κ1) is 16.8. The highest BCUT2D eigenvalue weighted by Crippen LogP contribution is 2.26. The summed E-state index contributed by atoms with van der Waals surface area (Å²) in [5.74, 6) is 0.743. The van der Waals surface area contributed by atoms with Crippen molar-refractivity contribution in [3.8, 4) is 11.3 Å². The summed E-state index contributed by atoms with van der Waals surface area (Å²) in [6.45, 7) is 3.97. The van der Waals surface area contributed by atoms with E-state index in [1.54, 1.807) is 0 Å². The Bertz CT molecular complexity index is 1090. The van der Waals surface area contributed by atoms with Crippen LogP contribution >= 0.6 is 22.9 Å². The Labute approximate surface area is 159 Å². The second kappa shape index (κ2) is 6.90. The molecule has 0 unspecified atom stereocenters. The van der Waals surface area contributed by atoms with Crippen molar-refractivity contribution in [1.82, 2.24) is 15.0 Å². The van der Waals surface area contributed by atoms with Crippen molar-refractivity contribution >= 4 is 44.8 Å². The van der Waals surface area contributed by atoms with Crippen molar-refractivity contribution in [1.29, 1.82) is 0 Å². The molecule has 0 aliphatic heterocycles. The first-order valence-corrected chi connectivity index (χ1v) is 9.33. The maximum Gasteiger partial charge on any atom is 0.203 e. The number of fused-ring (bicyclic) bond motifs is 1. The third kappa shape index (κ3) is 3.47. The largest absolute Gasteiger partial charge is 0.337 e. The van der Waals surface area contributed by atoms with Crippen molar-refractivity contribution in [3.63, 3.8) is 0 Å². The lowest BCUT2D eigenvalue weighted by Crippen LogP contribution is -2.01. The van der Waals surface area contributed by atoms with Gasteiger partial charge in [-0.25, -0.2) is 9.97 Å². The van der Waals surface area contributed by atoms with E-state index in [0.717, 1.165) is 39.0 Å². The van der Waals surface area contributed by atoms with E-state index >= 15 is 0 Å². The molecule has 2 N–H and O–H groups in total. The second-order valence-electron chi connectivity index (χ2n) is 5.96. The fourth-order valence-electron chi connectivity index (χ4n) is 2.56. The zero-order valence-corrected chi connectivity index (χ0v) is 15.8. The highest BCUT2D eigenvalue weighted by Gasteiger charge is 2.07. The molecule has 0 aliphatic carbocycles. The normalized spacial score (nSPS) is 11.9. The molecule has 0 saturated carbocycles. The quantitative estimate of drug-likeness (QED) is 0.363. The number of H-pyrrole nitrogens is 1. The van der Waals surface area contributed by atoms with Crippen LogP contribution in [-0.2, 0) is 0 Å². The minimum absolute atomic E-state index is 0.712. The van der Waals surface area contributed by atoms with Crippen LogP contribution in [0.4, 0.5) is 5.13 Å². The highest BCUT2D eigenvalue weighted by atomic mass is 35.5. The lowest BCUT2D eigenvalue weighted by Gasteiger charge is -1.98. The van der Waals surface area contributed by atoms with E-state index in [1.807, 2.05) is 48.7 Å². The van der Waals surface area contributed by atoms with Crippen LogP contribution < -0.4 is 5.43 Å². The number of benzene rings is 2. The van der Waals surface area contributed by atoms with Gasteiger partial charge in [-0.1, -0.05) is 29.8 Å². The van der Waals surface area contributed by atoms with E-state index in [9.17, 15) is 0 Å². The third-order valence-corrected chi connectivity index (χ3v) is 4.94. The summed E-state index contributed by atoms with van der Waals surface area (Å²) in [5, 5.41) is 7.82. The number of hydrogen-bond donors (Lipinski definition) is 2. The van der Waals surface area contributed by atoms with Gasteiger partial charge >= 0.3 is 0 Å². The third-order valence-electron chi connectivity index (χ3n) is 3.94. The van der Waals surface area contributed by atoms with Gasteiger partial charge in [0.15, 0.2) is 5.82 Å². The molecule has 0 bridgehead atoms. The lowest BCUT2D eigenvalue weighted by molar-refractivity contribution is 1.22. The molecule has 0 fully saturated rings. The SMILES string of the molecule is C/C(=N\Nc1nc(-c2ccc(Cl)cc2)cs1)c1nc2ccc(C)cc2[nH]1. The molecule has 0 saturated heterocycles. The standard InChI is InChI=1S/C19H16ClN5S/c1-11-3-8-15-16(9-11)22-18(21-15)12(2)24-25-19-23-17(10-26-19)13-4-6-14(20)7-5-13/h3-10H,1-2H3,(H,21,22)(H,23,25)/b24-12+. The zero-order valence-electron chi connectivity index (χ0n) is 14.2. The van der Waals surface area contributed by atoms with E-state index < -0.39 is 0 Å². The Morgan fingerprint density at radius 3 is 2.77 bits per heavy atom.